The Bertz CT molecular complexity index is 1730. The number of aromatic nitrogens is 3. The number of H-pyrrole nitrogens is 1. The molecule has 3 aromatic heterocycles. The molecule has 2 amide bonds. The predicted octanol–water partition coefficient (Wildman–Crippen LogP) is 4.91. The number of halogens is 3. The average Bonchev–Trinajstić information content (AvgIpc) is 3.16. The number of likely N-dealkylation sites (tertiary alicyclic amines) is 1. The molecule has 1 aromatic carbocycles. The lowest BCUT2D eigenvalue weighted by Crippen LogP contribution is -2.43. The Morgan fingerprint density at radius 2 is 1.80 bits per heavy atom. The Kier molecular flexibility index (Phi) is 6.42. The fraction of sp³-hybridized carbons (Fsp3) is 0.429. The van der Waals surface area contributed by atoms with E-state index in [1.54, 1.807) is 18.3 Å². The molecular weight excluding hydrogens is 576 g/mol. The van der Waals surface area contributed by atoms with Crippen LogP contribution in [-0.4, -0.2) is 50.0 Å². The van der Waals surface area contributed by atoms with Crippen molar-refractivity contribution in [3.05, 3.63) is 50.8 Å². The highest BCUT2D eigenvalue weighted by Crippen LogP contribution is 2.63. The van der Waals surface area contributed by atoms with E-state index < -0.39 is 5.67 Å². The second kappa shape index (κ2) is 9.37. The maximum Gasteiger partial charge on any atom is 0.326 e. The van der Waals surface area contributed by atoms with Crippen molar-refractivity contribution in [2.24, 2.45) is 17.3 Å². The average molecular weight is 605 g/mol. The fourth-order valence-electron chi connectivity index (χ4n) is 6.54. The number of pyridine rings is 1. The third-order valence-corrected chi connectivity index (χ3v) is 10.1. The highest BCUT2D eigenvalue weighted by Gasteiger charge is 2.72. The summed E-state index contributed by atoms with van der Waals surface area (Å²) in [6.45, 7) is 5.22. The number of carbonyl (C=O) groups is 2. The summed E-state index contributed by atoms with van der Waals surface area (Å²) >= 11 is 7.95. The number of amides is 2. The molecule has 2 atom stereocenters. The smallest absolute Gasteiger partial charge is 0.316 e. The first-order chi connectivity index (χ1) is 18.6. The lowest BCUT2D eigenvalue weighted by molar-refractivity contribution is -0.143. The highest BCUT2D eigenvalue weighted by atomic mass is 35.5. The van der Waals surface area contributed by atoms with Gasteiger partial charge in [-0.3, -0.25) is 24.0 Å². The minimum Gasteiger partial charge on any atom is -0.316 e. The van der Waals surface area contributed by atoms with E-state index in [1.165, 1.54) is 20.8 Å². The minimum absolute atomic E-state index is 0. The first-order valence-corrected chi connectivity index (χ1v) is 14.3. The zero-order chi connectivity index (χ0) is 27.3. The first kappa shape index (κ1) is 27.4. The van der Waals surface area contributed by atoms with Crippen LogP contribution in [0.2, 0.25) is 5.02 Å². The van der Waals surface area contributed by atoms with E-state index >= 15 is 4.39 Å². The van der Waals surface area contributed by atoms with E-state index in [-0.39, 0.29) is 60.3 Å². The molecule has 40 heavy (non-hydrogen) atoms. The van der Waals surface area contributed by atoms with Crippen LogP contribution in [0.3, 0.4) is 0 Å². The van der Waals surface area contributed by atoms with Crippen LogP contribution < -0.4 is 11.0 Å². The number of hydrogen-bond acceptors (Lipinski definition) is 6. The first-order valence-electron chi connectivity index (χ1n) is 13.1. The number of imidazole rings is 1. The molecule has 2 aliphatic heterocycles. The zero-order valence-corrected chi connectivity index (χ0v) is 24.3. The van der Waals surface area contributed by atoms with Gasteiger partial charge in [-0.05, 0) is 55.6 Å². The molecule has 0 bridgehead atoms. The predicted molar refractivity (Wildman–Crippen MR) is 156 cm³/mol. The van der Waals surface area contributed by atoms with Crippen molar-refractivity contribution in [3.8, 4) is 11.1 Å². The van der Waals surface area contributed by atoms with Gasteiger partial charge in [0.15, 0.2) is 0 Å². The highest BCUT2D eigenvalue weighted by molar-refractivity contribution is 7.19. The molecule has 2 unspecified atom stereocenters. The lowest BCUT2D eigenvalue weighted by Gasteiger charge is -2.30. The van der Waals surface area contributed by atoms with Crippen LogP contribution in [0.5, 0.6) is 0 Å². The van der Waals surface area contributed by atoms with Crippen molar-refractivity contribution in [2.75, 3.05) is 13.1 Å². The maximum atomic E-state index is 15.7. The number of benzene rings is 1. The van der Waals surface area contributed by atoms with Gasteiger partial charge in [-0.25, -0.2) is 9.18 Å². The van der Waals surface area contributed by atoms with Gasteiger partial charge in [-0.15, -0.1) is 23.7 Å². The lowest BCUT2D eigenvalue weighted by atomic mass is 9.94. The number of aromatic amines is 1. The van der Waals surface area contributed by atoms with Crippen LogP contribution in [0.4, 0.5) is 4.39 Å². The Balaban J connectivity index is 0.00000289. The van der Waals surface area contributed by atoms with Gasteiger partial charge in [0, 0.05) is 27.2 Å². The molecule has 4 aromatic rings. The maximum absolute atomic E-state index is 15.7. The second-order valence-electron chi connectivity index (χ2n) is 11.6. The van der Waals surface area contributed by atoms with Gasteiger partial charge in [-0.2, -0.15) is 0 Å². The van der Waals surface area contributed by atoms with Crippen molar-refractivity contribution in [3.63, 3.8) is 0 Å². The number of rotatable bonds is 5. The molecule has 2 N–H and O–H groups in total. The summed E-state index contributed by atoms with van der Waals surface area (Å²) in [5, 5.41) is 3.62. The Hall–Kier alpha value is -2.79. The molecule has 2 saturated heterocycles. The summed E-state index contributed by atoms with van der Waals surface area (Å²) < 4.78 is 18.1. The molecule has 5 heterocycles. The van der Waals surface area contributed by atoms with Gasteiger partial charge >= 0.3 is 5.69 Å². The number of alkyl halides is 1. The van der Waals surface area contributed by atoms with Crippen molar-refractivity contribution < 1.29 is 14.0 Å². The molecule has 12 heteroatoms. The van der Waals surface area contributed by atoms with E-state index in [4.69, 9.17) is 11.6 Å². The molecule has 3 aliphatic rings. The second-order valence-corrected chi connectivity index (χ2v) is 13.2. The third kappa shape index (κ3) is 4.10. The van der Waals surface area contributed by atoms with E-state index in [1.807, 2.05) is 26.0 Å². The molecule has 0 spiro atoms. The van der Waals surface area contributed by atoms with Crippen molar-refractivity contribution in [1.29, 1.82) is 0 Å². The van der Waals surface area contributed by atoms with Crippen molar-refractivity contribution in [2.45, 2.75) is 45.4 Å². The van der Waals surface area contributed by atoms with E-state index in [9.17, 15) is 14.4 Å². The summed E-state index contributed by atoms with van der Waals surface area (Å²) in [7, 11) is 0. The number of piperidine rings is 2. The summed E-state index contributed by atoms with van der Waals surface area (Å²) in [5.41, 5.74) is 1.23. The van der Waals surface area contributed by atoms with Gasteiger partial charge in [0.2, 0.25) is 11.8 Å². The molecule has 7 rings (SSSR count). The SMILES string of the molecule is CC1(C)C2C(=O)N(Cc3cc4nccc(-c5cc(Cl)cc6[nH]c(=O)n(CC7(F)CCNCC7)c56)c4s3)C(=O)C21.Cl. The molecule has 3 fully saturated rings. The molecule has 210 valence electrons. The largest absolute Gasteiger partial charge is 0.326 e. The van der Waals surface area contributed by atoms with Crippen LogP contribution in [0.15, 0.2) is 35.3 Å². The van der Waals surface area contributed by atoms with Crippen LogP contribution in [-0.2, 0) is 22.7 Å². The molecular formula is C28H28Cl2FN5O3S. The summed E-state index contributed by atoms with van der Waals surface area (Å²) in [6.07, 6.45) is 2.34. The van der Waals surface area contributed by atoms with E-state index in [0.717, 1.165) is 20.7 Å². The third-order valence-electron chi connectivity index (χ3n) is 8.73. The number of imide groups is 1. The van der Waals surface area contributed by atoms with Crippen LogP contribution in [0.25, 0.3) is 32.4 Å². The number of fused-ring (bicyclic) bond motifs is 3. The summed E-state index contributed by atoms with van der Waals surface area (Å²) in [5.74, 6) is -0.660. The van der Waals surface area contributed by atoms with Crippen LogP contribution >= 0.6 is 35.3 Å². The van der Waals surface area contributed by atoms with E-state index in [0.29, 0.717) is 47.6 Å². The topological polar surface area (TPSA) is 100 Å². The van der Waals surface area contributed by atoms with Gasteiger partial charge in [0.05, 0.1) is 46.2 Å². The number of nitrogens with zero attached hydrogens (tertiary/aromatic N) is 3. The van der Waals surface area contributed by atoms with Crippen LogP contribution in [0.1, 0.15) is 31.6 Å². The fourth-order valence-corrected chi connectivity index (χ4v) is 7.88. The molecule has 8 nitrogen and oxygen atoms in total. The monoisotopic (exact) mass is 603 g/mol. The molecule has 1 aliphatic carbocycles. The summed E-state index contributed by atoms with van der Waals surface area (Å²) in [4.78, 5) is 48.5. The van der Waals surface area contributed by atoms with Crippen molar-refractivity contribution >= 4 is 68.4 Å². The number of thiophene rings is 1. The van der Waals surface area contributed by atoms with Gasteiger partial charge in [0.1, 0.15) is 5.67 Å². The standard InChI is InChI=1S/C28H27ClFN5O3S.ClH/c1-27(2)20-21(27)25(37)34(24(20)36)12-15-11-19-23(39-15)16(3-6-32-19)17-9-14(29)10-18-22(17)35(26(38)33-18)13-28(30)4-7-31-8-5-28;/h3,6,9-11,20-21,31H,4-5,7-8,12-13H2,1-2H3,(H,33,38);1H. The van der Waals surface area contributed by atoms with Gasteiger partial charge in [0.25, 0.3) is 0 Å². The number of hydrogen-bond donors (Lipinski definition) is 2. The van der Waals surface area contributed by atoms with Gasteiger partial charge < -0.3 is 10.3 Å². The zero-order valence-electron chi connectivity index (χ0n) is 21.9. The van der Waals surface area contributed by atoms with Crippen molar-refractivity contribution in [1.82, 2.24) is 24.8 Å². The Morgan fingerprint density at radius 1 is 1.10 bits per heavy atom. The Labute approximate surface area is 244 Å². The number of nitrogens with one attached hydrogen (secondary N) is 2. The quantitative estimate of drug-likeness (QED) is 0.316. The normalized spacial score (nSPS) is 23.1. The summed E-state index contributed by atoms with van der Waals surface area (Å²) in [6, 6.07) is 7.23. The van der Waals surface area contributed by atoms with Gasteiger partial charge in [-0.1, -0.05) is 25.4 Å². The number of carbonyl (C=O) groups excluding carboxylic acids is 2. The van der Waals surface area contributed by atoms with Crippen LogP contribution in [0, 0.1) is 17.3 Å². The molecule has 0 radical (unpaired) electrons. The minimum atomic E-state index is -1.49. The Morgan fingerprint density at radius 3 is 2.50 bits per heavy atom. The molecule has 1 saturated carbocycles. The van der Waals surface area contributed by atoms with E-state index in [2.05, 4.69) is 15.3 Å².